The van der Waals surface area contributed by atoms with Crippen LogP contribution in [0.1, 0.15) is 24.2 Å². The maximum absolute atomic E-state index is 11.8. The van der Waals surface area contributed by atoms with Gasteiger partial charge in [-0.15, -0.1) is 0 Å². The summed E-state index contributed by atoms with van der Waals surface area (Å²) in [4.78, 5) is 14.0. The molecule has 0 heterocycles. The van der Waals surface area contributed by atoms with Crippen molar-refractivity contribution in [1.82, 2.24) is 4.90 Å². The van der Waals surface area contributed by atoms with E-state index in [-0.39, 0.29) is 5.02 Å². The molecule has 1 rings (SSSR count). The predicted octanol–water partition coefficient (Wildman–Crippen LogP) is 2.42. The van der Waals surface area contributed by atoms with Crippen LogP contribution in [0.4, 0.5) is 5.69 Å². The van der Waals surface area contributed by atoms with Gasteiger partial charge in [-0.05, 0) is 25.2 Å². The Kier molecular flexibility index (Phi) is 5.95. The van der Waals surface area contributed by atoms with E-state index in [0.29, 0.717) is 17.9 Å². The first kappa shape index (κ1) is 14.8. The molecule has 0 saturated carbocycles. The van der Waals surface area contributed by atoms with Crippen LogP contribution in [0.15, 0.2) is 18.2 Å². The number of nitrogens with zero attached hydrogens (tertiary/aromatic N) is 1. The topological polar surface area (TPSA) is 55.6 Å². The number of nitrogens with two attached hydrogens (primary N) is 1. The molecule has 0 fully saturated rings. The third kappa shape index (κ3) is 3.89. The molecule has 0 amide bonds. The number of carbonyl (C=O) groups excluding carboxylic acids is 1. The number of nitrogen functional groups attached to an aromatic ring is 1. The number of benzene rings is 1. The first-order valence-electron chi connectivity index (χ1n) is 6.03. The summed E-state index contributed by atoms with van der Waals surface area (Å²) in [7, 11) is 0. The fourth-order valence-electron chi connectivity index (χ4n) is 1.59. The summed E-state index contributed by atoms with van der Waals surface area (Å²) in [5.74, 6) is -0.431. The van der Waals surface area contributed by atoms with Crippen LogP contribution in [-0.2, 0) is 4.74 Å². The average molecular weight is 271 g/mol. The standard InChI is InChI=1S/C13H19ClN2O2/c1-3-16(4-2)8-9-18-13(17)10-6-5-7-11(15)12(10)14/h5-7H,3-4,8-9,15H2,1-2H3. The van der Waals surface area contributed by atoms with Gasteiger partial charge in [-0.2, -0.15) is 0 Å². The molecule has 4 nitrogen and oxygen atoms in total. The summed E-state index contributed by atoms with van der Waals surface area (Å²) >= 11 is 5.95. The van der Waals surface area contributed by atoms with Gasteiger partial charge < -0.3 is 15.4 Å². The van der Waals surface area contributed by atoms with E-state index in [4.69, 9.17) is 22.1 Å². The zero-order chi connectivity index (χ0) is 13.5. The molecule has 100 valence electrons. The molecular formula is C13H19ClN2O2. The molecule has 0 saturated heterocycles. The van der Waals surface area contributed by atoms with Gasteiger partial charge in [0, 0.05) is 6.54 Å². The number of hydrogen-bond acceptors (Lipinski definition) is 4. The summed E-state index contributed by atoms with van der Waals surface area (Å²) in [5, 5.41) is 0.255. The maximum Gasteiger partial charge on any atom is 0.339 e. The molecule has 1 aromatic carbocycles. The summed E-state index contributed by atoms with van der Waals surface area (Å²) in [5.41, 5.74) is 6.33. The molecule has 1 aromatic rings. The lowest BCUT2D eigenvalue weighted by Crippen LogP contribution is -2.28. The number of hydrogen-bond donors (Lipinski definition) is 1. The molecule has 5 heteroatoms. The molecular weight excluding hydrogens is 252 g/mol. The summed E-state index contributed by atoms with van der Waals surface area (Å²) in [6.45, 7) is 7.09. The number of ether oxygens (including phenoxy) is 1. The van der Waals surface area contributed by atoms with E-state index in [1.54, 1.807) is 18.2 Å². The minimum atomic E-state index is -0.431. The molecule has 2 N–H and O–H groups in total. The van der Waals surface area contributed by atoms with Gasteiger partial charge in [0.25, 0.3) is 0 Å². The minimum absolute atomic E-state index is 0.255. The van der Waals surface area contributed by atoms with Crippen molar-refractivity contribution >= 4 is 23.3 Å². The van der Waals surface area contributed by atoms with Crippen molar-refractivity contribution in [2.75, 3.05) is 32.0 Å². The molecule has 0 radical (unpaired) electrons. The largest absolute Gasteiger partial charge is 0.461 e. The van der Waals surface area contributed by atoms with E-state index < -0.39 is 5.97 Å². The number of rotatable bonds is 6. The minimum Gasteiger partial charge on any atom is -0.461 e. The van der Waals surface area contributed by atoms with E-state index >= 15 is 0 Å². The van der Waals surface area contributed by atoms with Crippen molar-refractivity contribution in [3.8, 4) is 0 Å². The highest BCUT2D eigenvalue weighted by molar-refractivity contribution is 6.36. The molecule has 0 aliphatic carbocycles. The SMILES string of the molecule is CCN(CC)CCOC(=O)c1cccc(N)c1Cl. The zero-order valence-corrected chi connectivity index (χ0v) is 11.5. The Morgan fingerprint density at radius 3 is 2.67 bits per heavy atom. The number of anilines is 1. The fourth-order valence-corrected chi connectivity index (χ4v) is 1.80. The van der Waals surface area contributed by atoms with Crippen molar-refractivity contribution in [3.05, 3.63) is 28.8 Å². The summed E-state index contributed by atoms with van der Waals surface area (Å²) in [6, 6.07) is 4.94. The third-order valence-electron chi connectivity index (χ3n) is 2.78. The monoisotopic (exact) mass is 270 g/mol. The van der Waals surface area contributed by atoms with Crippen LogP contribution < -0.4 is 5.73 Å². The lowest BCUT2D eigenvalue weighted by atomic mass is 10.2. The second-order valence-corrected chi connectivity index (χ2v) is 4.25. The number of likely N-dealkylation sites (N-methyl/N-ethyl adjacent to an activating group) is 1. The molecule has 0 aromatic heterocycles. The second-order valence-electron chi connectivity index (χ2n) is 3.87. The van der Waals surface area contributed by atoms with Gasteiger partial charge in [0.15, 0.2) is 0 Å². The number of halogens is 1. The van der Waals surface area contributed by atoms with Crippen molar-refractivity contribution < 1.29 is 9.53 Å². The molecule has 0 spiro atoms. The summed E-state index contributed by atoms with van der Waals surface area (Å²) in [6.07, 6.45) is 0. The maximum atomic E-state index is 11.8. The van der Waals surface area contributed by atoms with Crippen LogP contribution in [0.5, 0.6) is 0 Å². The van der Waals surface area contributed by atoms with Crippen LogP contribution in [0.25, 0.3) is 0 Å². The van der Waals surface area contributed by atoms with Gasteiger partial charge in [0.2, 0.25) is 0 Å². The second kappa shape index (κ2) is 7.24. The Bertz CT molecular complexity index is 406. The van der Waals surface area contributed by atoms with Crippen LogP contribution in [-0.4, -0.2) is 37.1 Å². The van der Waals surface area contributed by atoms with E-state index in [1.807, 2.05) is 0 Å². The smallest absolute Gasteiger partial charge is 0.339 e. The summed E-state index contributed by atoms with van der Waals surface area (Å²) < 4.78 is 5.18. The van der Waals surface area contributed by atoms with Gasteiger partial charge in [-0.1, -0.05) is 31.5 Å². The van der Waals surface area contributed by atoms with Crippen LogP contribution >= 0.6 is 11.6 Å². The first-order valence-corrected chi connectivity index (χ1v) is 6.41. The van der Waals surface area contributed by atoms with Gasteiger partial charge in [-0.25, -0.2) is 4.79 Å². The first-order chi connectivity index (χ1) is 8.60. The zero-order valence-electron chi connectivity index (χ0n) is 10.8. The van der Waals surface area contributed by atoms with E-state index in [9.17, 15) is 4.79 Å². The number of esters is 1. The Labute approximate surface area is 113 Å². The van der Waals surface area contributed by atoms with E-state index in [2.05, 4.69) is 18.7 Å². The molecule has 0 atom stereocenters. The molecule has 18 heavy (non-hydrogen) atoms. The Hall–Kier alpha value is -1.26. The van der Waals surface area contributed by atoms with E-state index in [0.717, 1.165) is 19.6 Å². The van der Waals surface area contributed by atoms with Gasteiger partial charge in [0.1, 0.15) is 6.61 Å². The van der Waals surface area contributed by atoms with Gasteiger partial charge in [0.05, 0.1) is 16.3 Å². The highest BCUT2D eigenvalue weighted by atomic mass is 35.5. The Balaban J connectivity index is 2.53. The average Bonchev–Trinajstić information content (AvgIpc) is 2.37. The third-order valence-corrected chi connectivity index (χ3v) is 3.21. The highest BCUT2D eigenvalue weighted by Gasteiger charge is 2.13. The van der Waals surface area contributed by atoms with Crippen LogP contribution in [0.3, 0.4) is 0 Å². The normalized spacial score (nSPS) is 10.7. The number of carbonyl (C=O) groups is 1. The molecule has 0 aliphatic rings. The van der Waals surface area contributed by atoms with Crippen molar-refractivity contribution in [2.24, 2.45) is 0 Å². The Morgan fingerprint density at radius 1 is 1.39 bits per heavy atom. The predicted molar refractivity (Wildman–Crippen MR) is 73.9 cm³/mol. The highest BCUT2D eigenvalue weighted by Crippen LogP contribution is 2.23. The molecule has 0 bridgehead atoms. The van der Waals surface area contributed by atoms with Crippen LogP contribution in [0.2, 0.25) is 5.02 Å². The lowest BCUT2D eigenvalue weighted by Gasteiger charge is -2.17. The quantitative estimate of drug-likeness (QED) is 0.637. The molecule has 0 aliphatic heterocycles. The van der Waals surface area contributed by atoms with Crippen molar-refractivity contribution in [1.29, 1.82) is 0 Å². The van der Waals surface area contributed by atoms with Gasteiger partial charge in [-0.3, -0.25) is 0 Å². The fraction of sp³-hybridized carbons (Fsp3) is 0.462. The molecule has 0 unspecified atom stereocenters. The van der Waals surface area contributed by atoms with Gasteiger partial charge >= 0.3 is 5.97 Å². The van der Waals surface area contributed by atoms with Crippen LogP contribution in [0, 0.1) is 0 Å². The van der Waals surface area contributed by atoms with Crippen molar-refractivity contribution in [2.45, 2.75) is 13.8 Å². The van der Waals surface area contributed by atoms with Crippen molar-refractivity contribution in [3.63, 3.8) is 0 Å². The van der Waals surface area contributed by atoms with E-state index in [1.165, 1.54) is 0 Å². The Morgan fingerprint density at radius 2 is 2.06 bits per heavy atom. The lowest BCUT2D eigenvalue weighted by molar-refractivity contribution is 0.0466.